The number of urea groups is 1. The van der Waals surface area contributed by atoms with Crippen molar-refractivity contribution in [3.63, 3.8) is 0 Å². The number of carboxylic acid groups (broad SMARTS) is 1. The number of methoxy groups -OCH3 is 1. The van der Waals surface area contributed by atoms with Crippen molar-refractivity contribution < 1.29 is 24.2 Å². The lowest BCUT2D eigenvalue weighted by molar-refractivity contribution is -0.137. The number of primary amides is 1. The molecule has 1 aliphatic carbocycles. The predicted molar refractivity (Wildman–Crippen MR) is 70.0 cm³/mol. The minimum absolute atomic E-state index is 0.0489. The van der Waals surface area contributed by atoms with E-state index >= 15 is 0 Å². The van der Waals surface area contributed by atoms with Gasteiger partial charge in [0, 0.05) is 20.3 Å². The van der Waals surface area contributed by atoms with Gasteiger partial charge in [-0.25, -0.2) is 4.79 Å². The number of rotatable bonds is 9. The van der Waals surface area contributed by atoms with Crippen LogP contribution in [0.25, 0.3) is 0 Å². The lowest BCUT2D eigenvalue weighted by Gasteiger charge is -2.22. The number of carbonyl (C=O) groups excluding carboxylic acids is 2. The highest BCUT2D eigenvalue weighted by Crippen LogP contribution is 2.48. The van der Waals surface area contributed by atoms with E-state index < -0.39 is 31.0 Å². The zero-order valence-corrected chi connectivity index (χ0v) is 11.6. The minimum atomic E-state index is -1.19. The SMILES string of the molecule is COCCC1(CNC(=O)N(CC(N)=O)CC(=O)O)CC1. The molecule has 1 fully saturated rings. The van der Waals surface area contributed by atoms with Gasteiger partial charge in [-0.15, -0.1) is 0 Å². The molecule has 114 valence electrons. The summed E-state index contributed by atoms with van der Waals surface area (Å²) in [7, 11) is 1.62. The molecule has 8 heteroatoms. The molecule has 0 aromatic heterocycles. The summed E-state index contributed by atoms with van der Waals surface area (Å²) in [4.78, 5) is 34.3. The molecule has 1 aliphatic rings. The maximum absolute atomic E-state index is 11.9. The molecule has 0 aromatic rings. The van der Waals surface area contributed by atoms with Crippen LogP contribution in [-0.4, -0.2) is 61.3 Å². The lowest BCUT2D eigenvalue weighted by Crippen LogP contribution is -2.47. The van der Waals surface area contributed by atoms with E-state index in [1.807, 2.05) is 0 Å². The van der Waals surface area contributed by atoms with Gasteiger partial charge in [-0.2, -0.15) is 0 Å². The Morgan fingerprint density at radius 2 is 2.00 bits per heavy atom. The summed E-state index contributed by atoms with van der Waals surface area (Å²) in [6.45, 7) is 0.100. The van der Waals surface area contributed by atoms with Crippen molar-refractivity contribution in [3.8, 4) is 0 Å². The molecular formula is C12H21N3O5. The topological polar surface area (TPSA) is 122 Å². The van der Waals surface area contributed by atoms with Crippen LogP contribution in [-0.2, 0) is 14.3 Å². The van der Waals surface area contributed by atoms with Crippen LogP contribution in [0.4, 0.5) is 4.79 Å². The highest BCUT2D eigenvalue weighted by atomic mass is 16.5. The quantitative estimate of drug-likeness (QED) is 0.522. The number of hydrogen-bond acceptors (Lipinski definition) is 4. The Morgan fingerprint density at radius 3 is 2.45 bits per heavy atom. The zero-order chi connectivity index (χ0) is 15.2. The summed E-state index contributed by atoms with van der Waals surface area (Å²) >= 11 is 0. The van der Waals surface area contributed by atoms with Crippen LogP contribution >= 0.6 is 0 Å². The molecule has 0 aromatic carbocycles. The number of hydrogen-bond donors (Lipinski definition) is 3. The third-order valence-corrected chi connectivity index (χ3v) is 3.37. The van der Waals surface area contributed by atoms with Crippen LogP contribution < -0.4 is 11.1 Å². The highest BCUT2D eigenvalue weighted by Gasteiger charge is 2.42. The molecule has 1 saturated carbocycles. The molecule has 8 nitrogen and oxygen atoms in total. The van der Waals surface area contributed by atoms with Crippen molar-refractivity contribution >= 4 is 17.9 Å². The molecule has 0 aliphatic heterocycles. The van der Waals surface area contributed by atoms with Gasteiger partial charge in [-0.05, 0) is 24.7 Å². The van der Waals surface area contributed by atoms with Crippen molar-refractivity contribution in [3.05, 3.63) is 0 Å². The maximum atomic E-state index is 11.9. The fourth-order valence-electron chi connectivity index (χ4n) is 1.94. The number of aliphatic carboxylic acids is 1. The first-order valence-corrected chi connectivity index (χ1v) is 6.40. The largest absolute Gasteiger partial charge is 0.480 e. The van der Waals surface area contributed by atoms with Crippen molar-refractivity contribution in [1.29, 1.82) is 0 Å². The van der Waals surface area contributed by atoms with E-state index in [0.717, 1.165) is 24.2 Å². The predicted octanol–water partition coefficient (Wildman–Crippen LogP) is -0.615. The normalized spacial score (nSPS) is 15.4. The van der Waals surface area contributed by atoms with Gasteiger partial charge in [-0.1, -0.05) is 0 Å². The number of carbonyl (C=O) groups is 3. The molecule has 1 rings (SSSR count). The second kappa shape index (κ2) is 7.09. The van der Waals surface area contributed by atoms with Gasteiger partial charge in [0.1, 0.15) is 13.1 Å². The molecule has 0 radical (unpaired) electrons. The van der Waals surface area contributed by atoms with Crippen molar-refractivity contribution in [2.75, 3.05) is 33.4 Å². The summed E-state index contributed by atoms with van der Waals surface area (Å²) in [5.41, 5.74) is 5.05. The molecule has 0 unspecified atom stereocenters. The summed E-state index contributed by atoms with van der Waals surface area (Å²) in [6.07, 6.45) is 2.86. The summed E-state index contributed by atoms with van der Waals surface area (Å²) in [5.74, 6) is -1.94. The maximum Gasteiger partial charge on any atom is 0.323 e. The summed E-state index contributed by atoms with van der Waals surface area (Å²) < 4.78 is 5.02. The first-order chi connectivity index (χ1) is 9.38. The molecule has 20 heavy (non-hydrogen) atoms. The molecule has 4 N–H and O–H groups in total. The van der Waals surface area contributed by atoms with Gasteiger partial charge >= 0.3 is 12.0 Å². The Hall–Kier alpha value is -1.83. The standard InChI is InChI=1S/C12H21N3O5/c1-20-5-4-12(2-3-12)8-14-11(19)15(6-9(13)16)7-10(17)18/h2-8H2,1H3,(H2,13,16)(H,14,19)(H,17,18). The Labute approximate surface area is 117 Å². The van der Waals surface area contributed by atoms with E-state index in [1.54, 1.807) is 7.11 Å². The van der Waals surface area contributed by atoms with Crippen LogP contribution in [0.1, 0.15) is 19.3 Å². The monoisotopic (exact) mass is 287 g/mol. The van der Waals surface area contributed by atoms with Gasteiger partial charge in [-0.3, -0.25) is 9.59 Å². The first kappa shape index (κ1) is 16.2. The number of amides is 3. The number of ether oxygens (including phenoxy) is 1. The van der Waals surface area contributed by atoms with E-state index in [4.69, 9.17) is 15.6 Å². The average molecular weight is 287 g/mol. The van der Waals surface area contributed by atoms with Gasteiger partial charge in [0.15, 0.2) is 0 Å². The fraction of sp³-hybridized carbons (Fsp3) is 0.750. The van der Waals surface area contributed by atoms with Gasteiger partial charge in [0.2, 0.25) is 5.91 Å². The Morgan fingerprint density at radius 1 is 1.35 bits per heavy atom. The summed E-state index contributed by atoms with van der Waals surface area (Å²) in [5, 5.41) is 11.4. The van der Waals surface area contributed by atoms with Crippen LogP contribution in [0.15, 0.2) is 0 Å². The van der Waals surface area contributed by atoms with E-state index in [9.17, 15) is 14.4 Å². The van der Waals surface area contributed by atoms with Crippen molar-refractivity contribution in [1.82, 2.24) is 10.2 Å². The van der Waals surface area contributed by atoms with E-state index in [0.29, 0.717) is 13.2 Å². The van der Waals surface area contributed by atoms with Crippen LogP contribution in [0, 0.1) is 5.41 Å². The highest BCUT2D eigenvalue weighted by molar-refractivity contribution is 5.85. The molecular weight excluding hydrogens is 266 g/mol. The fourth-order valence-corrected chi connectivity index (χ4v) is 1.94. The number of carboxylic acids is 1. The van der Waals surface area contributed by atoms with Crippen LogP contribution in [0.2, 0.25) is 0 Å². The Balaban J connectivity index is 2.45. The molecule has 0 bridgehead atoms. The van der Waals surface area contributed by atoms with Gasteiger partial charge in [0.25, 0.3) is 0 Å². The Kier molecular flexibility index (Phi) is 5.75. The molecule has 0 heterocycles. The second-order valence-corrected chi connectivity index (χ2v) is 5.12. The summed E-state index contributed by atoms with van der Waals surface area (Å²) in [6, 6.07) is -0.588. The molecule has 3 amide bonds. The van der Waals surface area contributed by atoms with Crippen molar-refractivity contribution in [2.45, 2.75) is 19.3 Å². The third-order valence-electron chi connectivity index (χ3n) is 3.37. The zero-order valence-electron chi connectivity index (χ0n) is 11.6. The van der Waals surface area contributed by atoms with E-state index in [-0.39, 0.29) is 5.41 Å². The first-order valence-electron chi connectivity index (χ1n) is 6.40. The minimum Gasteiger partial charge on any atom is -0.480 e. The molecule has 0 spiro atoms. The Bertz CT molecular complexity index is 365. The number of nitrogens with two attached hydrogens (primary N) is 1. The van der Waals surface area contributed by atoms with E-state index in [2.05, 4.69) is 5.32 Å². The van der Waals surface area contributed by atoms with Gasteiger partial charge in [0.05, 0.1) is 0 Å². The van der Waals surface area contributed by atoms with Crippen LogP contribution in [0.3, 0.4) is 0 Å². The van der Waals surface area contributed by atoms with Crippen molar-refractivity contribution in [2.24, 2.45) is 11.1 Å². The van der Waals surface area contributed by atoms with Gasteiger partial charge < -0.3 is 25.8 Å². The molecule has 0 saturated heterocycles. The second-order valence-electron chi connectivity index (χ2n) is 5.12. The number of nitrogens with zero attached hydrogens (tertiary/aromatic N) is 1. The number of nitrogens with one attached hydrogen (secondary N) is 1. The smallest absolute Gasteiger partial charge is 0.323 e. The average Bonchev–Trinajstić information content (AvgIpc) is 3.12. The van der Waals surface area contributed by atoms with E-state index in [1.165, 1.54) is 0 Å². The third kappa shape index (κ3) is 5.43. The molecule has 0 atom stereocenters. The lowest BCUT2D eigenvalue weighted by atomic mass is 10.0. The van der Waals surface area contributed by atoms with Crippen LogP contribution in [0.5, 0.6) is 0 Å².